The van der Waals surface area contributed by atoms with Crippen LogP contribution in [0.1, 0.15) is 158 Å². The van der Waals surface area contributed by atoms with E-state index >= 15 is 0 Å². The van der Waals surface area contributed by atoms with E-state index < -0.39 is 0 Å². The molecule has 0 fully saturated rings. The van der Waals surface area contributed by atoms with Crippen molar-refractivity contribution in [1.29, 1.82) is 0 Å². The fourth-order valence-electron chi connectivity index (χ4n) is 5.86. The highest BCUT2D eigenvalue weighted by molar-refractivity contribution is 14.1. The molecule has 0 aromatic rings. The molecule has 5 heteroatoms. The van der Waals surface area contributed by atoms with E-state index in [1.807, 2.05) is 0 Å². The molecule has 8 atom stereocenters. The van der Waals surface area contributed by atoms with Gasteiger partial charge in [-0.2, -0.15) is 0 Å². The van der Waals surface area contributed by atoms with E-state index in [-0.39, 0.29) is 12.6 Å². The number of unbranched alkanes of at least 4 members (excludes halogenated alkanes) is 4. The minimum absolute atomic E-state index is 0.139. The lowest BCUT2D eigenvalue weighted by atomic mass is 9.90. The quantitative estimate of drug-likeness (QED) is 0.0343. The van der Waals surface area contributed by atoms with Gasteiger partial charge < -0.3 is 14.2 Å². The Kier molecular flexibility index (Phi) is 27.9. The lowest BCUT2D eigenvalue weighted by Crippen LogP contribution is -2.28. The van der Waals surface area contributed by atoms with Gasteiger partial charge in [0.1, 0.15) is 0 Å². The zero-order valence-electron chi connectivity index (χ0n) is 27.3. The van der Waals surface area contributed by atoms with Crippen molar-refractivity contribution in [3.8, 4) is 0 Å². The van der Waals surface area contributed by atoms with Crippen LogP contribution in [-0.4, -0.2) is 33.6 Å². The van der Waals surface area contributed by atoms with Gasteiger partial charge in [-0.15, -0.1) is 0 Å². The Hall–Kier alpha value is 1.34. The molecule has 8 unspecified atom stereocenters. The molecule has 0 spiro atoms. The van der Waals surface area contributed by atoms with Crippen molar-refractivity contribution >= 4 is 45.2 Å². The van der Waals surface area contributed by atoms with Crippen molar-refractivity contribution in [2.75, 3.05) is 13.2 Å². The molecular formula is C34H68I2O3. The van der Waals surface area contributed by atoms with Crippen molar-refractivity contribution < 1.29 is 14.2 Å². The molecule has 3 nitrogen and oxygen atoms in total. The van der Waals surface area contributed by atoms with Crippen molar-refractivity contribution in [2.24, 2.45) is 23.7 Å². The van der Waals surface area contributed by atoms with Crippen LogP contribution >= 0.6 is 45.2 Å². The predicted molar refractivity (Wildman–Crippen MR) is 189 cm³/mol. The fraction of sp³-hybridized carbons (Fsp3) is 1.00. The summed E-state index contributed by atoms with van der Waals surface area (Å²) >= 11 is 5.12. The summed E-state index contributed by atoms with van der Waals surface area (Å²) in [6.45, 7) is 20.4. The first-order chi connectivity index (χ1) is 18.6. The highest BCUT2D eigenvalue weighted by Gasteiger charge is 2.20. The second-order valence-electron chi connectivity index (χ2n) is 12.9. The van der Waals surface area contributed by atoms with Gasteiger partial charge in [-0.3, -0.25) is 0 Å². The third-order valence-electron chi connectivity index (χ3n) is 7.74. The summed E-state index contributed by atoms with van der Waals surface area (Å²) in [4.78, 5) is 0. The monoisotopic (exact) mass is 778 g/mol. The van der Waals surface area contributed by atoms with Crippen LogP contribution in [0.15, 0.2) is 0 Å². The van der Waals surface area contributed by atoms with E-state index in [4.69, 9.17) is 14.2 Å². The van der Waals surface area contributed by atoms with E-state index in [1.54, 1.807) is 0 Å². The van der Waals surface area contributed by atoms with Crippen molar-refractivity contribution in [3.05, 3.63) is 0 Å². The summed E-state index contributed by atoms with van der Waals surface area (Å²) in [5, 5.41) is 0. The van der Waals surface area contributed by atoms with Gasteiger partial charge in [0.15, 0.2) is 12.6 Å². The average molecular weight is 779 g/mol. The molecule has 0 aromatic heterocycles. The summed E-state index contributed by atoms with van der Waals surface area (Å²) in [6.07, 6.45) is 18.9. The Balaban J connectivity index is 4.89. The van der Waals surface area contributed by atoms with E-state index in [9.17, 15) is 0 Å². The third-order valence-corrected chi connectivity index (χ3v) is 8.76. The summed E-state index contributed by atoms with van der Waals surface area (Å²) in [6, 6.07) is 0. The second kappa shape index (κ2) is 26.9. The smallest absolute Gasteiger partial charge is 0.160 e. The summed E-state index contributed by atoms with van der Waals surface area (Å²) in [5.74, 6) is 3.13. The van der Waals surface area contributed by atoms with E-state index in [2.05, 4.69) is 101 Å². The molecule has 0 saturated heterocycles. The van der Waals surface area contributed by atoms with Gasteiger partial charge in [-0.1, -0.05) is 139 Å². The van der Waals surface area contributed by atoms with Crippen LogP contribution in [-0.2, 0) is 14.2 Å². The number of rotatable bonds is 28. The Morgan fingerprint density at radius 3 is 1.18 bits per heavy atom. The van der Waals surface area contributed by atoms with Gasteiger partial charge in [0, 0.05) is 21.1 Å². The van der Waals surface area contributed by atoms with Crippen LogP contribution in [0, 0.1) is 23.7 Å². The topological polar surface area (TPSA) is 27.7 Å². The SMILES string of the molecule is CCCCCOC(CCCC(C)CC(C)CC(C)I)OC(CCCC(C)CC(C)CC(C)I)OCCCCC. The first-order valence-electron chi connectivity index (χ1n) is 16.7. The zero-order chi connectivity index (χ0) is 29.5. The van der Waals surface area contributed by atoms with Crippen LogP contribution in [0.3, 0.4) is 0 Å². The summed E-state index contributed by atoms with van der Waals surface area (Å²) in [7, 11) is 0. The number of halogens is 2. The second-order valence-corrected chi connectivity index (χ2v) is 17.2. The molecule has 0 radical (unpaired) electrons. The highest BCUT2D eigenvalue weighted by Crippen LogP contribution is 2.26. The number of hydrogen-bond acceptors (Lipinski definition) is 3. The lowest BCUT2D eigenvalue weighted by Gasteiger charge is -2.27. The highest BCUT2D eigenvalue weighted by atomic mass is 127. The molecule has 0 aliphatic rings. The van der Waals surface area contributed by atoms with E-state index in [0.29, 0.717) is 0 Å². The van der Waals surface area contributed by atoms with Crippen molar-refractivity contribution in [3.63, 3.8) is 0 Å². The van der Waals surface area contributed by atoms with Gasteiger partial charge in [-0.05, 0) is 87.9 Å². The van der Waals surface area contributed by atoms with Gasteiger partial charge in [0.05, 0.1) is 0 Å². The first-order valence-corrected chi connectivity index (χ1v) is 19.2. The van der Waals surface area contributed by atoms with Crippen molar-refractivity contribution in [2.45, 2.75) is 179 Å². The van der Waals surface area contributed by atoms with E-state index in [1.165, 1.54) is 77.0 Å². The maximum absolute atomic E-state index is 6.60. The molecule has 0 saturated carbocycles. The molecular weight excluding hydrogens is 710 g/mol. The standard InChI is InChI=1S/C34H68I2O3/c1-9-11-13-21-37-33(19-15-17-27(3)23-29(5)25-31(7)35)39-34(38-22-14-12-10-2)20-16-18-28(4)24-30(6)26-32(8)36/h27-34H,9-26H2,1-8H3. The van der Waals surface area contributed by atoms with Gasteiger partial charge in [0.25, 0.3) is 0 Å². The first kappa shape index (κ1) is 40.3. The van der Waals surface area contributed by atoms with Crippen molar-refractivity contribution in [1.82, 2.24) is 0 Å². The Morgan fingerprint density at radius 1 is 0.462 bits per heavy atom. The minimum atomic E-state index is -0.139. The maximum atomic E-state index is 6.60. The van der Waals surface area contributed by atoms with Crippen LogP contribution in [0.4, 0.5) is 0 Å². The van der Waals surface area contributed by atoms with Gasteiger partial charge >= 0.3 is 0 Å². The summed E-state index contributed by atoms with van der Waals surface area (Å²) in [5.41, 5.74) is 0. The number of ether oxygens (including phenoxy) is 3. The summed E-state index contributed by atoms with van der Waals surface area (Å²) < 4.78 is 20.8. The van der Waals surface area contributed by atoms with Crippen LogP contribution in [0.2, 0.25) is 0 Å². The van der Waals surface area contributed by atoms with Gasteiger partial charge in [0.2, 0.25) is 0 Å². The molecule has 39 heavy (non-hydrogen) atoms. The molecule has 0 aliphatic carbocycles. The molecule has 0 N–H and O–H groups in total. The molecule has 0 rings (SSSR count). The van der Waals surface area contributed by atoms with E-state index in [0.717, 1.165) is 70.4 Å². The Morgan fingerprint density at radius 2 is 0.846 bits per heavy atom. The molecule has 0 aromatic carbocycles. The maximum Gasteiger partial charge on any atom is 0.160 e. The predicted octanol–water partition coefficient (Wildman–Crippen LogP) is 12.2. The molecule has 0 aliphatic heterocycles. The third kappa shape index (κ3) is 26.7. The van der Waals surface area contributed by atoms with Crippen LogP contribution in [0.25, 0.3) is 0 Å². The normalized spacial score (nSPS) is 18.3. The molecule has 0 amide bonds. The fourth-order valence-corrected chi connectivity index (χ4v) is 7.60. The number of alkyl halides is 2. The molecule has 0 heterocycles. The van der Waals surface area contributed by atoms with Crippen LogP contribution in [0.5, 0.6) is 0 Å². The Bertz CT molecular complexity index is 473. The molecule has 236 valence electrons. The Labute approximate surface area is 273 Å². The lowest BCUT2D eigenvalue weighted by molar-refractivity contribution is -0.250. The zero-order valence-corrected chi connectivity index (χ0v) is 31.6. The average Bonchev–Trinajstić information content (AvgIpc) is 2.82. The number of hydrogen-bond donors (Lipinski definition) is 0. The molecule has 0 bridgehead atoms. The van der Waals surface area contributed by atoms with Crippen LogP contribution < -0.4 is 0 Å². The van der Waals surface area contributed by atoms with Gasteiger partial charge in [-0.25, -0.2) is 0 Å². The largest absolute Gasteiger partial charge is 0.353 e. The minimum Gasteiger partial charge on any atom is -0.353 e.